The van der Waals surface area contributed by atoms with E-state index in [0.717, 1.165) is 11.7 Å². The second-order valence-corrected chi connectivity index (χ2v) is 4.89. The SMILES string of the molecule is CCCC(CC(C)C)c1ccc(OC)cc1. The molecule has 0 aromatic heterocycles. The first-order valence-corrected chi connectivity index (χ1v) is 6.31. The fourth-order valence-electron chi connectivity index (χ4n) is 2.21. The molecule has 0 bridgehead atoms. The molecule has 16 heavy (non-hydrogen) atoms. The van der Waals surface area contributed by atoms with Crippen molar-refractivity contribution in [2.24, 2.45) is 5.92 Å². The summed E-state index contributed by atoms with van der Waals surface area (Å²) in [6.45, 7) is 6.86. The number of hydrogen-bond acceptors (Lipinski definition) is 1. The largest absolute Gasteiger partial charge is 0.497 e. The lowest BCUT2D eigenvalue weighted by atomic mass is 9.87. The van der Waals surface area contributed by atoms with Gasteiger partial charge in [-0.05, 0) is 42.4 Å². The van der Waals surface area contributed by atoms with E-state index in [0.29, 0.717) is 5.92 Å². The molecule has 0 aliphatic carbocycles. The van der Waals surface area contributed by atoms with Crippen LogP contribution in [-0.4, -0.2) is 7.11 Å². The Morgan fingerprint density at radius 3 is 2.19 bits per heavy atom. The highest BCUT2D eigenvalue weighted by atomic mass is 16.5. The zero-order valence-corrected chi connectivity index (χ0v) is 11.0. The van der Waals surface area contributed by atoms with E-state index >= 15 is 0 Å². The quantitative estimate of drug-likeness (QED) is 0.679. The third kappa shape index (κ3) is 3.88. The molecule has 0 radical (unpaired) electrons. The summed E-state index contributed by atoms with van der Waals surface area (Å²) in [5.74, 6) is 2.41. The molecule has 1 aromatic carbocycles. The molecule has 90 valence electrons. The lowest BCUT2D eigenvalue weighted by Crippen LogP contribution is -2.03. The summed E-state index contributed by atoms with van der Waals surface area (Å²) < 4.78 is 5.19. The Hall–Kier alpha value is -0.980. The Bertz CT molecular complexity index is 287. The first kappa shape index (κ1) is 13.1. The monoisotopic (exact) mass is 220 g/mol. The number of hydrogen-bond donors (Lipinski definition) is 0. The summed E-state index contributed by atoms with van der Waals surface area (Å²) >= 11 is 0. The Kier molecular flexibility index (Phi) is 5.37. The smallest absolute Gasteiger partial charge is 0.118 e. The normalized spacial score (nSPS) is 12.8. The van der Waals surface area contributed by atoms with Crippen molar-refractivity contribution < 1.29 is 4.74 Å². The van der Waals surface area contributed by atoms with Crippen LogP contribution in [0.2, 0.25) is 0 Å². The fraction of sp³-hybridized carbons (Fsp3) is 0.600. The summed E-state index contributed by atoms with van der Waals surface area (Å²) in [5, 5.41) is 0. The molecular weight excluding hydrogens is 196 g/mol. The molecule has 0 heterocycles. The van der Waals surface area contributed by atoms with Crippen LogP contribution in [0.1, 0.15) is 51.5 Å². The van der Waals surface area contributed by atoms with Gasteiger partial charge in [-0.15, -0.1) is 0 Å². The maximum Gasteiger partial charge on any atom is 0.118 e. The van der Waals surface area contributed by atoms with Gasteiger partial charge in [0.2, 0.25) is 0 Å². The molecule has 0 fully saturated rings. The molecule has 1 nitrogen and oxygen atoms in total. The predicted molar refractivity (Wildman–Crippen MR) is 70.1 cm³/mol. The van der Waals surface area contributed by atoms with Crippen molar-refractivity contribution in [3.8, 4) is 5.75 Å². The van der Waals surface area contributed by atoms with Crippen molar-refractivity contribution in [1.29, 1.82) is 0 Å². The molecule has 0 saturated heterocycles. The molecule has 0 amide bonds. The van der Waals surface area contributed by atoms with Crippen LogP contribution in [0.4, 0.5) is 0 Å². The molecule has 1 atom stereocenters. The van der Waals surface area contributed by atoms with E-state index in [9.17, 15) is 0 Å². The highest BCUT2D eigenvalue weighted by Gasteiger charge is 2.12. The van der Waals surface area contributed by atoms with Crippen LogP contribution in [0, 0.1) is 5.92 Å². The number of rotatable bonds is 6. The number of benzene rings is 1. The molecule has 1 rings (SSSR count). The van der Waals surface area contributed by atoms with Gasteiger partial charge < -0.3 is 4.74 Å². The minimum absolute atomic E-state index is 0.705. The van der Waals surface area contributed by atoms with E-state index in [1.54, 1.807) is 7.11 Å². The molecule has 1 unspecified atom stereocenters. The van der Waals surface area contributed by atoms with Crippen LogP contribution >= 0.6 is 0 Å². The molecular formula is C15H24O. The maximum atomic E-state index is 5.19. The second kappa shape index (κ2) is 6.57. The zero-order valence-electron chi connectivity index (χ0n) is 11.0. The van der Waals surface area contributed by atoms with Crippen molar-refractivity contribution in [2.75, 3.05) is 7.11 Å². The van der Waals surface area contributed by atoms with Gasteiger partial charge in [-0.3, -0.25) is 0 Å². The first-order chi connectivity index (χ1) is 7.67. The van der Waals surface area contributed by atoms with Gasteiger partial charge in [0, 0.05) is 0 Å². The standard InChI is InChI=1S/C15H24O/c1-5-6-14(11-12(2)3)13-7-9-15(16-4)10-8-13/h7-10,12,14H,5-6,11H2,1-4H3. The van der Waals surface area contributed by atoms with Gasteiger partial charge in [0.05, 0.1) is 7.11 Å². The lowest BCUT2D eigenvalue weighted by Gasteiger charge is -2.19. The minimum atomic E-state index is 0.705. The van der Waals surface area contributed by atoms with Gasteiger partial charge >= 0.3 is 0 Å². The van der Waals surface area contributed by atoms with Gasteiger partial charge in [0.15, 0.2) is 0 Å². The highest BCUT2D eigenvalue weighted by molar-refractivity contribution is 5.29. The van der Waals surface area contributed by atoms with Gasteiger partial charge in [-0.1, -0.05) is 39.3 Å². The van der Waals surface area contributed by atoms with Crippen LogP contribution in [0.5, 0.6) is 5.75 Å². The molecule has 0 N–H and O–H groups in total. The van der Waals surface area contributed by atoms with E-state index < -0.39 is 0 Å². The van der Waals surface area contributed by atoms with Gasteiger partial charge in [0.25, 0.3) is 0 Å². The predicted octanol–water partition coefficient (Wildman–Crippen LogP) is 4.63. The number of ether oxygens (including phenoxy) is 1. The average Bonchev–Trinajstić information content (AvgIpc) is 2.28. The van der Waals surface area contributed by atoms with E-state index in [4.69, 9.17) is 4.74 Å². The van der Waals surface area contributed by atoms with E-state index in [1.807, 2.05) is 0 Å². The van der Waals surface area contributed by atoms with Gasteiger partial charge in [0.1, 0.15) is 5.75 Å². The van der Waals surface area contributed by atoms with Crippen LogP contribution in [0.15, 0.2) is 24.3 Å². The summed E-state index contributed by atoms with van der Waals surface area (Å²) in [7, 11) is 1.71. The Balaban J connectivity index is 2.75. The first-order valence-electron chi connectivity index (χ1n) is 6.31. The Labute approximate surface area is 99.8 Å². The minimum Gasteiger partial charge on any atom is -0.497 e. The zero-order chi connectivity index (χ0) is 12.0. The topological polar surface area (TPSA) is 9.23 Å². The maximum absolute atomic E-state index is 5.19. The highest BCUT2D eigenvalue weighted by Crippen LogP contribution is 2.29. The Morgan fingerprint density at radius 2 is 1.75 bits per heavy atom. The van der Waals surface area contributed by atoms with E-state index in [-0.39, 0.29) is 0 Å². The van der Waals surface area contributed by atoms with Crippen molar-refractivity contribution >= 4 is 0 Å². The third-order valence-electron chi connectivity index (χ3n) is 2.98. The van der Waals surface area contributed by atoms with Gasteiger partial charge in [-0.25, -0.2) is 0 Å². The molecule has 1 heteroatoms. The van der Waals surface area contributed by atoms with Gasteiger partial charge in [-0.2, -0.15) is 0 Å². The van der Waals surface area contributed by atoms with Crippen LogP contribution < -0.4 is 4.74 Å². The molecule has 0 spiro atoms. The van der Waals surface area contributed by atoms with Crippen LogP contribution in [0.3, 0.4) is 0 Å². The van der Waals surface area contributed by atoms with Crippen molar-refractivity contribution in [1.82, 2.24) is 0 Å². The molecule has 0 aliphatic rings. The van der Waals surface area contributed by atoms with Crippen LogP contribution in [-0.2, 0) is 0 Å². The van der Waals surface area contributed by atoms with E-state index in [2.05, 4.69) is 45.0 Å². The summed E-state index contributed by atoms with van der Waals surface area (Å²) in [6.07, 6.45) is 3.81. The van der Waals surface area contributed by atoms with Crippen molar-refractivity contribution in [2.45, 2.75) is 46.0 Å². The second-order valence-electron chi connectivity index (χ2n) is 4.89. The van der Waals surface area contributed by atoms with Crippen molar-refractivity contribution in [3.63, 3.8) is 0 Å². The molecule has 0 aliphatic heterocycles. The molecule has 0 saturated carbocycles. The third-order valence-corrected chi connectivity index (χ3v) is 2.98. The average molecular weight is 220 g/mol. The van der Waals surface area contributed by atoms with Crippen molar-refractivity contribution in [3.05, 3.63) is 29.8 Å². The summed E-state index contributed by atoms with van der Waals surface area (Å²) in [6, 6.07) is 8.56. The fourth-order valence-corrected chi connectivity index (χ4v) is 2.21. The van der Waals surface area contributed by atoms with E-state index in [1.165, 1.54) is 24.8 Å². The number of methoxy groups -OCH3 is 1. The lowest BCUT2D eigenvalue weighted by molar-refractivity contribution is 0.414. The Morgan fingerprint density at radius 1 is 1.12 bits per heavy atom. The van der Waals surface area contributed by atoms with Crippen LogP contribution in [0.25, 0.3) is 0 Å². The summed E-state index contributed by atoms with van der Waals surface area (Å²) in [5.41, 5.74) is 1.45. The molecule has 1 aromatic rings. The summed E-state index contributed by atoms with van der Waals surface area (Å²) in [4.78, 5) is 0.